The lowest BCUT2D eigenvalue weighted by atomic mass is 10.1. The second kappa shape index (κ2) is 10.1. The monoisotopic (exact) mass is 439 g/mol. The summed E-state index contributed by atoms with van der Waals surface area (Å²) >= 11 is 12.6. The molecule has 0 bridgehead atoms. The Bertz CT molecular complexity index is 848. The van der Waals surface area contributed by atoms with Gasteiger partial charge in [-0.3, -0.25) is 14.4 Å². The van der Waals surface area contributed by atoms with E-state index in [2.05, 4.69) is 17.6 Å². The number of nitrogens with zero attached hydrogens (tertiary/aromatic N) is 1. The van der Waals surface area contributed by atoms with Gasteiger partial charge in [0.1, 0.15) is 6.04 Å². The summed E-state index contributed by atoms with van der Waals surface area (Å²) in [6, 6.07) is 2.45. The maximum atomic E-state index is 12.7. The molecule has 1 aromatic rings. The number of allylic oxidation sites excluding steroid dienone is 1. The molecule has 1 unspecified atom stereocenters. The van der Waals surface area contributed by atoms with Crippen molar-refractivity contribution >= 4 is 52.3 Å². The fourth-order valence-electron chi connectivity index (χ4n) is 3.05. The minimum absolute atomic E-state index is 0.0411. The first kappa shape index (κ1) is 23.2. The highest BCUT2D eigenvalue weighted by molar-refractivity contribution is 6.40. The van der Waals surface area contributed by atoms with E-state index < -0.39 is 6.04 Å². The number of carbonyl (C=O) groups is 3. The maximum Gasteiger partial charge on any atom is 0.261 e. The molecule has 8 heteroatoms. The summed E-state index contributed by atoms with van der Waals surface area (Å²) in [5, 5.41) is 6.40. The summed E-state index contributed by atoms with van der Waals surface area (Å²) in [5.41, 5.74) is 1.94. The van der Waals surface area contributed by atoms with Crippen molar-refractivity contribution in [2.75, 3.05) is 16.8 Å². The number of nitrogens with one attached hydrogen (secondary N) is 2. The highest BCUT2D eigenvalue weighted by Gasteiger charge is 2.37. The third-order valence-electron chi connectivity index (χ3n) is 4.76. The van der Waals surface area contributed by atoms with E-state index in [1.807, 2.05) is 0 Å². The van der Waals surface area contributed by atoms with E-state index in [9.17, 15) is 14.4 Å². The highest BCUT2D eigenvalue weighted by atomic mass is 35.5. The van der Waals surface area contributed by atoms with Crippen LogP contribution in [0.25, 0.3) is 0 Å². The van der Waals surface area contributed by atoms with Gasteiger partial charge in [-0.15, -0.1) is 0 Å². The summed E-state index contributed by atoms with van der Waals surface area (Å²) < 4.78 is 0. The van der Waals surface area contributed by atoms with Crippen molar-refractivity contribution in [1.82, 2.24) is 5.32 Å². The molecule has 1 aliphatic rings. The second-order valence-corrected chi connectivity index (χ2v) is 8.15. The maximum absolute atomic E-state index is 12.7. The van der Waals surface area contributed by atoms with Gasteiger partial charge in [0, 0.05) is 12.1 Å². The molecular formula is C21H27Cl2N3O3. The molecule has 0 spiro atoms. The van der Waals surface area contributed by atoms with Gasteiger partial charge in [0.05, 0.1) is 27.8 Å². The van der Waals surface area contributed by atoms with Crippen LogP contribution in [-0.2, 0) is 14.4 Å². The fourth-order valence-corrected chi connectivity index (χ4v) is 3.57. The molecule has 1 heterocycles. The third-order valence-corrected chi connectivity index (χ3v) is 5.38. The lowest BCUT2D eigenvalue weighted by Gasteiger charge is -2.20. The lowest BCUT2D eigenvalue weighted by molar-refractivity contribution is -0.122. The van der Waals surface area contributed by atoms with Crippen molar-refractivity contribution in [2.24, 2.45) is 0 Å². The molecule has 1 fully saturated rings. The predicted octanol–water partition coefficient (Wildman–Crippen LogP) is 4.70. The molecular weight excluding hydrogens is 413 g/mol. The van der Waals surface area contributed by atoms with Gasteiger partial charge in [0.2, 0.25) is 11.8 Å². The number of hydrogen-bond acceptors (Lipinski definition) is 4. The molecule has 1 atom stereocenters. The average molecular weight is 440 g/mol. The molecule has 0 radical (unpaired) electrons. The minimum atomic E-state index is -0.554. The van der Waals surface area contributed by atoms with Crippen LogP contribution in [-0.4, -0.2) is 30.3 Å². The van der Waals surface area contributed by atoms with E-state index in [0.717, 1.165) is 29.7 Å². The van der Waals surface area contributed by atoms with Crippen LogP contribution in [0.3, 0.4) is 0 Å². The Balaban J connectivity index is 2.22. The number of benzene rings is 1. The van der Waals surface area contributed by atoms with Crippen LogP contribution >= 0.6 is 23.2 Å². The summed E-state index contributed by atoms with van der Waals surface area (Å²) in [5.74, 6) is -0.885. The summed E-state index contributed by atoms with van der Waals surface area (Å²) in [7, 11) is 0. The van der Waals surface area contributed by atoms with E-state index in [-0.39, 0.29) is 34.9 Å². The molecule has 2 rings (SSSR count). The Morgan fingerprint density at radius 1 is 1.17 bits per heavy atom. The molecule has 3 amide bonds. The first-order valence-electron chi connectivity index (χ1n) is 9.74. The topological polar surface area (TPSA) is 78.5 Å². The van der Waals surface area contributed by atoms with E-state index in [1.54, 1.807) is 20.8 Å². The Kier molecular flexibility index (Phi) is 8.11. The van der Waals surface area contributed by atoms with E-state index in [1.165, 1.54) is 12.1 Å². The lowest BCUT2D eigenvalue weighted by Crippen LogP contribution is -2.38. The van der Waals surface area contributed by atoms with Crippen LogP contribution in [0.5, 0.6) is 0 Å². The zero-order valence-electron chi connectivity index (χ0n) is 17.2. The van der Waals surface area contributed by atoms with Gasteiger partial charge in [-0.25, -0.2) is 4.90 Å². The largest absolute Gasteiger partial charge is 0.373 e. The normalized spacial score (nSPS) is 15.0. The van der Waals surface area contributed by atoms with Crippen LogP contribution < -0.4 is 15.5 Å². The van der Waals surface area contributed by atoms with Crippen molar-refractivity contribution in [3.05, 3.63) is 33.3 Å². The Morgan fingerprint density at radius 2 is 1.86 bits per heavy atom. The van der Waals surface area contributed by atoms with Gasteiger partial charge in [0.15, 0.2) is 0 Å². The molecule has 0 saturated carbocycles. The Labute approximate surface area is 181 Å². The Hall–Kier alpha value is -2.05. The quantitative estimate of drug-likeness (QED) is 0.349. The molecule has 1 saturated heterocycles. The third kappa shape index (κ3) is 5.52. The molecule has 158 valence electrons. The van der Waals surface area contributed by atoms with Gasteiger partial charge >= 0.3 is 0 Å². The highest BCUT2D eigenvalue weighted by Crippen LogP contribution is 2.38. The number of amides is 3. The number of anilines is 2. The molecule has 2 N–H and O–H groups in total. The number of imide groups is 1. The van der Waals surface area contributed by atoms with Crippen molar-refractivity contribution in [1.29, 1.82) is 0 Å². The van der Waals surface area contributed by atoms with Crippen molar-refractivity contribution < 1.29 is 14.4 Å². The smallest absolute Gasteiger partial charge is 0.261 e. The van der Waals surface area contributed by atoms with Crippen LogP contribution in [0.15, 0.2) is 23.3 Å². The Morgan fingerprint density at radius 3 is 2.45 bits per heavy atom. The first-order chi connectivity index (χ1) is 13.7. The van der Waals surface area contributed by atoms with E-state index in [4.69, 9.17) is 23.2 Å². The summed E-state index contributed by atoms with van der Waals surface area (Å²) in [6.45, 7) is 8.01. The molecule has 1 aromatic carbocycles. The van der Waals surface area contributed by atoms with E-state index >= 15 is 0 Å². The van der Waals surface area contributed by atoms with Crippen LogP contribution in [0.2, 0.25) is 10.0 Å². The van der Waals surface area contributed by atoms with Crippen molar-refractivity contribution in [2.45, 2.75) is 59.4 Å². The zero-order chi connectivity index (χ0) is 21.7. The molecule has 6 nitrogen and oxygen atoms in total. The number of hydrogen-bond donors (Lipinski definition) is 2. The van der Waals surface area contributed by atoms with Crippen LogP contribution in [0, 0.1) is 0 Å². The molecule has 0 aliphatic carbocycles. The standard InChI is InChI=1S/C21H27Cl2N3O3/c1-5-6-7-8-24-20(28)13(4)25-17-11-18(16(23)10-15(17)22)26-19(27)9-14(12(2)3)21(26)29/h10-11,13,25H,5-9H2,1-4H3,(H,24,28). The molecule has 1 aliphatic heterocycles. The zero-order valence-corrected chi connectivity index (χ0v) is 18.7. The van der Waals surface area contributed by atoms with Crippen molar-refractivity contribution in [3.63, 3.8) is 0 Å². The van der Waals surface area contributed by atoms with Gasteiger partial charge in [-0.2, -0.15) is 0 Å². The van der Waals surface area contributed by atoms with Gasteiger partial charge < -0.3 is 10.6 Å². The summed E-state index contributed by atoms with van der Waals surface area (Å²) in [4.78, 5) is 38.5. The van der Waals surface area contributed by atoms with Crippen molar-refractivity contribution in [3.8, 4) is 0 Å². The molecule has 29 heavy (non-hydrogen) atoms. The number of unbranched alkanes of at least 4 members (excludes halogenated alkanes) is 2. The average Bonchev–Trinajstić information content (AvgIpc) is 2.95. The van der Waals surface area contributed by atoms with Crippen LogP contribution in [0.1, 0.15) is 53.4 Å². The van der Waals surface area contributed by atoms with E-state index in [0.29, 0.717) is 22.8 Å². The number of carbonyl (C=O) groups excluding carboxylic acids is 3. The van der Waals surface area contributed by atoms with Gasteiger partial charge in [-0.1, -0.05) is 48.5 Å². The van der Waals surface area contributed by atoms with Gasteiger partial charge in [0.25, 0.3) is 5.91 Å². The van der Waals surface area contributed by atoms with Gasteiger partial charge in [-0.05, 0) is 39.3 Å². The SMILES string of the molecule is CCCCCNC(=O)C(C)Nc1cc(N2C(=O)CC(=C(C)C)C2=O)c(Cl)cc1Cl. The number of rotatable bonds is 8. The first-order valence-corrected chi connectivity index (χ1v) is 10.5. The minimum Gasteiger partial charge on any atom is -0.373 e. The second-order valence-electron chi connectivity index (χ2n) is 7.34. The summed E-state index contributed by atoms with van der Waals surface area (Å²) in [6.07, 6.45) is 3.10. The number of halogens is 2. The predicted molar refractivity (Wildman–Crippen MR) is 118 cm³/mol. The fraction of sp³-hybridized carbons (Fsp3) is 0.476. The van der Waals surface area contributed by atoms with Crippen LogP contribution in [0.4, 0.5) is 11.4 Å². The molecule has 0 aromatic heterocycles.